The minimum atomic E-state index is -0.195. The Balaban J connectivity index is 1.15. The quantitative estimate of drug-likeness (QED) is 0.277. The van der Waals surface area contributed by atoms with Gasteiger partial charge in [-0.25, -0.2) is 0 Å². The van der Waals surface area contributed by atoms with Crippen LogP contribution < -0.4 is 20.4 Å². The standard InChI is InChI=1S/C32H38N10O2/c1-41(2)27-10-6-16-33-25(27)19-31(43)35-29-14-12-23(37-39-29)21-8-5-9-22(18-21)24-13-15-30(40-38-24)36-32(44)20-26-28(42(3)4)11-7-17-34-26/h6-7,10-17,21-22H,5,8-9,18-20H2,1-4H3,(H,35,39,43)(H,36,40,44)/t21-,22-/m0/s1. The van der Waals surface area contributed by atoms with Crippen molar-refractivity contribution in [2.24, 2.45) is 0 Å². The summed E-state index contributed by atoms with van der Waals surface area (Å²) in [7, 11) is 7.69. The monoisotopic (exact) mass is 594 g/mol. The van der Waals surface area contributed by atoms with Gasteiger partial charge in [-0.2, -0.15) is 10.2 Å². The molecule has 1 fully saturated rings. The van der Waals surface area contributed by atoms with Crippen molar-refractivity contribution in [2.75, 3.05) is 48.6 Å². The molecule has 4 aromatic heterocycles. The number of hydrogen-bond donors (Lipinski definition) is 2. The molecule has 12 nitrogen and oxygen atoms in total. The fourth-order valence-corrected chi connectivity index (χ4v) is 5.61. The number of rotatable bonds is 10. The van der Waals surface area contributed by atoms with E-state index in [1.54, 1.807) is 24.5 Å². The van der Waals surface area contributed by atoms with E-state index in [0.717, 1.165) is 48.4 Å². The van der Waals surface area contributed by atoms with Crippen molar-refractivity contribution in [1.82, 2.24) is 30.4 Å². The maximum atomic E-state index is 12.7. The van der Waals surface area contributed by atoms with E-state index in [0.29, 0.717) is 23.0 Å². The molecule has 0 aromatic carbocycles. The molecule has 2 atom stereocenters. The molecule has 12 heteroatoms. The predicted molar refractivity (Wildman–Crippen MR) is 170 cm³/mol. The average molecular weight is 595 g/mol. The summed E-state index contributed by atoms with van der Waals surface area (Å²) < 4.78 is 0. The van der Waals surface area contributed by atoms with E-state index in [1.165, 1.54) is 0 Å². The third kappa shape index (κ3) is 7.68. The van der Waals surface area contributed by atoms with Crippen LogP contribution in [-0.4, -0.2) is 70.4 Å². The van der Waals surface area contributed by atoms with Crippen LogP contribution in [0.5, 0.6) is 0 Å². The first-order valence-corrected chi connectivity index (χ1v) is 14.8. The van der Waals surface area contributed by atoms with Crippen molar-refractivity contribution in [2.45, 2.75) is 50.4 Å². The van der Waals surface area contributed by atoms with E-state index >= 15 is 0 Å². The molecule has 4 aromatic rings. The number of hydrogen-bond acceptors (Lipinski definition) is 10. The summed E-state index contributed by atoms with van der Waals surface area (Å²) in [5.41, 5.74) is 5.01. The lowest BCUT2D eigenvalue weighted by molar-refractivity contribution is -0.116. The van der Waals surface area contributed by atoms with Crippen molar-refractivity contribution in [3.05, 3.63) is 83.7 Å². The van der Waals surface area contributed by atoms with Crippen LogP contribution in [0, 0.1) is 0 Å². The smallest absolute Gasteiger partial charge is 0.231 e. The first-order valence-electron chi connectivity index (χ1n) is 14.8. The van der Waals surface area contributed by atoms with Gasteiger partial charge < -0.3 is 20.4 Å². The van der Waals surface area contributed by atoms with E-state index < -0.39 is 0 Å². The normalized spacial score (nSPS) is 16.2. The van der Waals surface area contributed by atoms with Gasteiger partial charge in [-0.05, 0) is 67.8 Å². The minimum absolute atomic E-state index is 0.146. The van der Waals surface area contributed by atoms with Crippen LogP contribution in [0.3, 0.4) is 0 Å². The van der Waals surface area contributed by atoms with E-state index in [2.05, 4.69) is 41.0 Å². The molecule has 1 aliphatic rings. The molecule has 0 aliphatic heterocycles. The first kappa shape index (κ1) is 30.5. The molecule has 0 spiro atoms. The summed E-state index contributed by atoms with van der Waals surface area (Å²) >= 11 is 0. The first-order chi connectivity index (χ1) is 21.3. The number of anilines is 4. The second kappa shape index (κ2) is 14.0. The maximum Gasteiger partial charge on any atom is 0.231 e. The lowest BCUT2D eigenvalue weighted by Crippen LogP contribution is -2.20. The van der Waals surface area contributed by atoms with E-state index in [9.17, 15) is 9.59 Å². The maximum absolute atomic E-state index is 12.7. The highest BCUT2D eigenvalue weighted by molar-refractivity contribution is 5.92. The van der Waals surface area contributed by atoms with Gasteiger partial charge in [0, 0.05) is 52.4 Å². The summed E-state index contributed by atoms with van der Waals surface area (Å²) in [5, 5.41) is 23.2. The fourth-order valence-electron chi connectivity index (χ4n) is 5.61. The van der Waals surface area contributed by atoms with Crippen LogP contribution in [-0.2, 0) is 22.4 Å². The average Bonchev–Trinajstić information content (AvgIpc) is 3.02. The highest BCUT2D eigenvalue weighted by Crippen LogP contribution is 2.40. The molecule has 2 N–H and O–H groups in total. The van der Waals surface area contributed by atoms with Crippen molar-refractivity contribution in [3.63, 3.8) is 0 Å². The van der Waals surface area contributed by atoms with Gasteiger partial charge in [0.2, 0.25) is 11.8 Å². The van der Waals surface area contributed by atoms with Crippen molar-refractivity contribution >= 4 is 34.8 Å². The molecule has 0 saturated heterocycles. The molecule has 0 unspecified atom stereocenters. The molecule has 1 saturated carbocycles. The largest absolute Gasteiger partial charge is 0.376 e. The Bertz CT molecular complexity index is 1460. The highest BCUT2D eigenvalue weighted by atomic mass is 16.2. The number of carbonyl (C=O) groups is 2. The Morgan fingerprint density at radius 2 is 1.14 bits per heavy atom. The molecule has 4 heterocycles. The zero-order chi connectivity index (χ0) is 31.1. The van der Waals surface area contributed by atoms with Crippen LogP contribution >= 0.6 is 0 Å². The Labute approximate surface area is 257 Å². The molecule has 0 radical (unpaired) electrons. The third-order valence-corrected chi connectivity index (χ3v) is 7.77. The van der Waals surface area contributed by atoms with Crippen LogP contribution in [0.1, 0.15) is 60.3 Å². The SMILES string of the molecule is CN(C)c1cccnc1CC(=O)Nc1ccc([C@H]2CCC[C@H](c3ccc(NC(=O)Cc4ncccc4N(C)C)nn3)C2)nn1. The summed E-state index contributed by atoms with van der Waals surface area (Å²) in [4.78, 5) is 37.9. The third-order valence-electron chi connectivity index (χ3n) is 7.77. The topological polar surface area (TPSA) is 142 Å². The summed E-state index contributed by atoms with van der Waals surface area (Å²) in [6.45, 7) is 0. The molecular formula is C32H38N10O2. The van der Waals surface area contributed by atoms with E-state index in [4.69, 9.17) is 0 Å². The van der Waals surface area contributed by atoms with Gasteiger partial charge in [0.1, 0.15) is 0 Å². The van der Waals surface area contributed by atoms with Crippen LogP contribution in [0.2, 0.25) is 0 Å². The second-order valence-electron chi connectivity index (χ2n) is 11.4. The zero-order valence-electron chi connectivity index (χ0n) is 25.6. The predicted octanol–water partition coefficient (Wildman–Crippen LogP) is 3.99. The number of amides is 2. The summed E-state index contributed by atoms with van der Waals surface area (Å²) in [6, 6.07) is 15.1. The highest BCUT2D eigenvalue weighted by Gasteiger charge is 2.27. The second-order valence-corrected chi connectivity index (χ2v) is 11.4. The van der Waals surface area contributed by atoms with Gasteiger partial charge in [-0.15, -0.1) is 10.2 Å². The van der Waals surface area contributed by atoms with Gasteiger partial charge in [-0.1, -0.05) is 6.42 Å². The van der Waals surface area contributed by atoms with Crippen LogP contribution in [0.25, 0.3) is 0 Å². The Morgan fingerprint density at radius 1 is 0.682 bits per heavy atom. The van der Waals surface area contributed by atoms with Gasteiger partial charge in [-0.3, -0.25) is 19.6 Å². The summed E-state index contributed by atoms with van der Waals surface area (Å²) in [6.07, 6.45) is 7.59. The lowest BCUT2D eigenvalue weighted by Gasteiger charge is -2.28. The van der Waals surface area contributed by atoms with E-state index in [-0.39, 0.29) is 36.5 Å². The number of pyridine rings is 2. The molecule has 44 heavy (non-hydrogen) atoms. The molecule has 5 rings (SSSR count). The number of aromatic nitrogens is 6. The fraction of sp³-hybridized carbons (Fsp3) is 0.375. The van der Waals surface area contributed by atoms with Gasteiger partial charge in [0.05, 0.1) is 47.0 Å². The van der Waals surface area contributed by atoms with Crippen molar-refractivity contribution in [1.29, 1.82) is 0 Å². The Kier molecular flexibility index (Phi) is 9.68. The van der Waals surface area contributed by atoms with Crippen LogP contribution in [0.15, 0.2) is 60.9 Å². The number of nitrogens with one attached hydrogen (secondary N) is 2. The van der Waals surface area contributed by atoms with Crippen LogP contribution in [0.4, 0.5) is 23.0 Å². The van der Waals surface area contributed by atoms with Crippen molar-refractivity contribution < 1.29 is 9.59 Å². The Hall–Kier alpha value is -5.00. The molecule has 228 valence electrons. The van der Waals surface area contributed by atoms with Gasteiger partial charge in [0.25, 0.3) is 0 Å². The summed E-state index contributed by atoms with van der Waals surface area (Å²) in [5.74, 6) is 0.899. The Morgan fingerprint density at radius 3 is 1.52 bits per heavy atom. The molecular weight excluding hydrogens is 556 g/mol. The molecule has 0 bridgehead atoms. The number of nitrogens with zero attached hydrogens (tertiary/aromatic N) is 8. The number of carbonyl (C=O) groups excluding carboxylic acids is 2. The van der Waals surface area contributed by atoms with Gasteiger partial charge >= 0.3 is 0 Å². The van der Waals surface area contributed by atoms with Crippen molar-refractivity contribution in [3.8, 4) is 0 Å². The molecule has 1 aliphatic carbocycles. The molecule has 2 amide bonds. The lowest BCUT2D eigenvalue weighted by atomic mass is 9.78. The van der Waals surface area contributed by atoms with E-state index in [1.807, 2.05) is 74.4 Å². The van der Waals surface area contributed by atoms with Gasteiger partial charge in [0.15, 0.2) is 11.6 Å². The minimum Gasteiger partial charge on any atom is -0.376 e. The zero-order valence-corrected chi connectivity index (χ0v) is 25.6.